The maximum atomic E-state index is 11.8. The van der Waals surface area contributed by atoms with E-state index in [2.05, 4.69) is 5.32 Å². The average Bonchev–Trinajstić information content (AvgIpc) is 2.52. The third-order valence-corrected chi connectivity index (χ3v) is 5.12. The molecule has 0 atom stereocenters. The van der Waals surface area contributed by atoms with Crippen LogP contribution in [0.3, 0.4) is 0 Å². The van der Waals surface area contributed by atoms with Gasteiger partial charge in [0.1, 0.15) is 0 Å². The number of carbonyl (C=O) groups is 1. The number of hydrogen-bond acceptors (Lipinski definition) is 4. The van der Waals surface area contributed by atoms with Gasteiger partial charge < -0.3 is 5.32 Å². The van der Waals surface area contributed by atoms with Crippen molar-refractivity contribution in [3.05, 3.63) is 35.4 Å². The van der Waals surface area contributed by atoms with Crippen LogP contribution in [0.15, 0.2) is 24.3 Å². The molecule has 0 aliphatic heterocycles. The smallest absolute Gasteiger partial charge is 0.224 e. The highest BCUT2D eigenvalue weighted by Gasteiger charge is 2.14. The fourth-order valence-electron chi connectivity index (χ4n) is 1.83. The molecule has 1 amide bonds. The SMILES string of the molecule is CCS(=O)(=O)N(C)CCCNC(=O)Cc1ccc(C#N)cc1. The first-order valence-corrected chi connectivity index (χ1v) is 8.69. The van der Waals surface area contributed by atoms with Crippen LogP contribution in [0, 0.1) is 11.3 Å². The predicted octanol–water partition coefficient (Wildman–Crippen LogP) is 0.889. The largest absolute Gasteiger partial charge is 0.356 e. The van der Waals surface area contributed by atoms with Crippen molar-refractivity contribution in [2.45, 2.75) is 19.8 Å². The van der Waals surface area contributed by atoms with Crippen molar-refractivity contribution < 1.29 is 13.2 Å². The lowest BCUT2D eigenvalue weighted by atomic mass is 10.1. The maximum absolute atomic E-state index is 11.8. The summed E-state index contributed by atoms with van der Waals surface area (Å²) in [5, 5.41) is 11.5. The van der Waals surface area contributed by atoms with E-state index in [0.29, 0.717) is 25.1 Å². The third-order valence-electron chi connectivity index (χ3n) is 3.26. The van der Waals surface area contributed by atoms with Crippen LogP contribution in [-0.4, -0.2) is 44.5 Å². The van der Waals surface area contributed by atoms with Crippen LogP contribution < -0.4 is 5.32 Å². The Morgan fingerprint density at radius 3 is 2.50 bits per heavy atom. The predicted molar refractivity (Wildman–Crippen MR) is 84.6 cm³/mol. The van der Waals surface area contributed by atoms with Gasteiger partial charge in [-0.1, -0.05) is 12.1 Å². The van der Waals surface area contributed by atoms with Crippen LogP contribution in [0.25, 0.3) is 0 Å². The first-order valence-electron chi connectivity index (χ1n) is 7.08. The molecular weight excluding hydrogens is 302 g/mol. The summed E-state index contributed by atoms with van der Waals surface area (Å²) in [5.41, 5.74) is 1.39. The van der Waals surface area contributed by atoms with Crippen molar-refractivity contribution in [2.75, 3.05) is 25.9 Å². The molecule has 0 heterocycles. The van der Waals surface area contributed by atoms with Gasteiger partial charge in [0.05, 0.1) is 23.8 Å². The second kappa shape index (κ2) is 8.51. The van der Waals surface area contributed by atoms with Crippen LogP contribution >= 0.6 is 0 Å². The highest BCUT2D eigenvalue weighted by Crippen LogP contribution is 2.04. The van der Waals surface area contributed by atoms with Gasteiger partial charge >= 0.3 is 0 Å². The number of sulfonamides is 1. The van der Waals surface area contributed by atoms with Crippen LogP contribution in [0.5, 0.6) is 0 Å². The van der Waals surface area contributed by atoms with Gasteiger partial charge in [0.2, 0.25) is 15.9 Å². The number of benzene rings is 1. The Bertz CT molecular complexity index is 633. The fourth-order valence-corrected chi connectivity index (χ4v) is 2.68. The summed E-state index contributed by atoms with van der Waals surface area (Å²) in [6.07, 6.45) is 0.809. The van der Waals surface area contributed by atoms with Gasteiger partial charge in [0.15, 0.2) is 0 Å². The van der Waals surface area contributed by atoms with Crippen molar-refractivity contribution in [1.82, 2.24) is 9.62 Å². The molecule has 0 aromatic heterocycles. The number of amides is 1. The highest BCUT2D eigenvalue weighted by atomic mass is 32.2. The van der Waals surface area contributed by atoms with Crippen LogP contribution in [-0.2, 0) is 21.2 Å². The summed E-state index contributed by atoms with van der Waals surface area (Å²) in [6, 6.07) is 8.87. The van der Waals surface area contributed by atoms with Crippen molar-refractivity contribution in [3.8, 4) is 6.07 Å². The van der Waals surface area contributed by atoms with E-state index in [0.717, 1.165) is 5.56 Å². The van der Waals surface area contributed by atoms with Gasteiger partial charge in [-0.2, -0.15) is 5.26 Å². The van der Waals surface area contributed by atoms with Crippen molar-refractivity contribution in [1.29, 1.82) is 5.26 Å². The molecule has 6 nitrogen and oxygen atoms in total. The minimum atomic E-state index is -3.16. The number of carbonyl (C=O) groups excluding carboxylic acids is 1. The first-order chi connectivity index (χ1) is 10.4. The Hall–Kier alpha value is -1.91. The van der Waals surface area contributed by atoms with Crippen LogP contribution in [0.4, 0.5) is 0 Å². The van der Waals surface area contributed by atoms with Crippen LogP contribution in [0.2, 0.25) is 0 Å². The molecule has 0 fully saturated rings. The molecule has 1 aromatic carbocycles. The Kier molecular flexibility index (Phi) is 7.02. The molecule has 0 aliphatic carbocycles. The second-order valence-corrected chi connectivity index (χ2v) is 7.28. The van der Waals surface area contributed by atoms with Gasteiger partial charge in [0.25, 0.3) is 0 Å². The average molecular weight is 323 g/mol. The van der Waals surface area contributed by atoms with Crippen LogP contribution in [0.1, 0.15) is 24.5 Å². The third kappa shape index (κ3) is 5.84. The standard InChI is InChI=1S/C15H21N3O3S/c1-3-22(20,21)18(2)10-4-9-17-15(19)11-13-5-7-14(12-16)8-6-13/h5-8H,3-4,9-11H2,1-2H3,(H,17,19). The number of nitriles is 1. The van der Waals surface area contributed by atoms with Gasteiger partial charge in [-0.15, -0.1) is 0 Å². The Labute approximate surface area is 131 Å². The summed E-state index contributed by atoms with van der Waals surface area (Å²) in [5.74, 6) is -0.0418. The monoisotopic (exact) mass is 323 g/mol. The lowest BCUT2D eigenvalue weighted by Gasteiger charge is -2.15. The van der Waals surface area contributed by atoms with E-state index in [1.165, 1.54) is 11.4 Å². The van der Waals surface area contributed by atoms with E-state index in [4.69, 9.17) is 5.26 Å². The Morgan fingerprint density at radius 2 is 1.95 bits per heavy atom. The topological polar surface area (TPSA) is 90.3 Å². The molecule has 1 rings (SSSR count). The summed E-state index contributed by atoms with van der Waals surface area (Å²) in [7, 11) is -1.62. The second-order valence-electron chi connectivity index (χ2n) is 4.91. The number of nitrogens with zero attached hydrogens (tertiary/aromatic N) is 2. The molecule has 0 unspecified atom stereocenters. The number of nitrogens with one attached hydrogen (secondary N) is 1. The molecule has 0 bridgehead atoms. The molecule has 0 saturated carbocycles. The number of hydrogen-bond donors (Lipinski definition) is 1. The Morgan fingerprint density at radius 1 is 1.32 bits per heavy atom. The zero-order chi connectivity index (χ0) is 16.6. The van der Waals surface area contributed by atoms with Gasteiger partial charge in [-0.3, -0.25) is 4.79 Å². The zero-order valence-electron chi connectivity index (χ0n) is 12.9. The van der Waals surface area contributed by atoms with Crippen molar-refractivity contribution >= 4 is 15.9 Å². The Balaban J connectivity index is 2.30. The maximum Gasteiger partial charge on any atom is 0.224 e. The zero-order valence-corrected chi connectivity index (χ0v) is 13.7. The molecule has 22 heavy (non-hydrogen) atoms. The molecule has 120 valence electrons. The molecular formula is C15H21N3O3S. The molecule has 0 radical (unpaired) electrons. The highest BCUT2D eigenvalue weighted by molar-refractivity contribution is 7.89. The van der Waals surface area contributed by atoms with E-state index in [9.17, 15) is 13.2 Å². The molecule has 7 heteroatoms. The van der Waals surface area contributed by atoms with E-state index in [-0.39, 0.29) is 18.1 Å². The normalized spacial score (nSPS) is 11.2. The quantitative estimate of drug-likeness (QED) is 0.719. The molecule has 1 aromatic rings. The molecule has 0 saturated heterocycles. The number of rotatable bonds is 8. The molecule has 0 spiro atoms. The molecule has 1 N–H and O–H groups in total. The lowest BCUT2D eigenvalue weighted by molar-refractivity contribution is -0.120. The summed E-state index contributed by atoms with van der Waals surface area (Å²) < 4.78 is 24.4. The summed E-state index contributed by atoms with van der Waals surface area (Å²) in [6.45, 7) is 2.41. The minimum absolute atomic E-state index is 0.0779. The van der Waals surface area contributed by atoms with E-state index >= 15 is 0 Å². The van der Waals surface area contributed by atoms with Gasteiger partial charge in [-0.25, -0.2) is 12.7 Å². The first kappa shape index (κ1) is 18.1. The van der Waals surface area contributed by atoms with E-state index in [1.54, 1.807) is 31.2 Å². The minimum Gasteiger partial charge on any atom is -0.356 e. The van der Waals surface area contributed by atoms with Gasteiger partial charge in [0, 0.05) is 20.1 Å². The van der Waals surface area contributed by atoms with Gasteiger partial charge in [-0.05, 0) is 31.0 Å². The van der Waals surface area contributed by atoms with Crippen molar-refractivity contribution in [3.63, 3.8) is 0 Å². The fraction of sp³-hybridized carbons (Fsp3) is 0.467. The summed E-state index contributed by atoms with van der Waals surface area (Å²) >= 11 is 0. The lowest BCUT2D eigenvalue weighted by Crippen LogP contribution is -2.32. The van der Waals surface area contributed by atoms with E-state index < -0.39 is 10.0 Å². The van der Waals surface area contributed by atoms with Crippen molar-refractivity contribution in [2.24, 2.45) is 0 Å². The molecule has 0 aliphatic rings. The summed E-state index contributed by atoms with van der Waals surface area (Å²) in [4.78, 5) is 11.8. The van der Waals surface area contributed by atoms with E-state index in [1.807, 2.05) is 6.07 Å².